The maximum Gasteiger partial charge on any atom is 0.224 e. The number of nitrogens with one attached hydrogen (secondary N) is 2. The first-order chi connectivity index (χ1) is 14.0. The van der Waals surface area contributed by atoms with Gasteiger partial charge in [-0.25, -0.2) is 9.37 Å². The molecular weight excluding hydrogens is 373 g/mol. The molecule has 3 aromatic rings. The summed E-state index contributed by atoms with van der Waals surface area (Å²) in [5.41, 5.74) is 1.72. The number of nitrogens with zero attached hydrogens (tertiary/aromatic N) is 3. The molecule has 2 heterocycles. The van der Waals surface area contributed by atoms with Crippen LogP contribution in [0.1, 0.15) is 36.8 Å². The number of guanidine groups is 1. The van der Waals surface area contributed by atoms with Crippen LogP contribution in [0.5, 0.6) is 11.6 Å². The van der Waals surface area contributed by atoms with Crippen molar-refractivity contribution < 1.29 is 13.7 Å². The van der Waals surface area contributed by atoms with Crippen LogP contribution in [0.4, 0.5) is 4.39 Å². The van der Waals surface area contributed by atoms with Crippen LogP contribution in [-0.4, -0.2) is 23.1 Å². The van der Waals surface area contributed by atoms with Crippen molar-refractivity contribution in [2.75, 3.05) is 7.05 Å². The molecule has 0 fully saturated rings. The van der Waals surface area contributed by atoms with Crippen molar-refractivity contribution >= 4 is 5.96 Å². The first-order valence-electron chi connectivity index (χ1n) is 9.32. The second-order valence-electron chi connectivity index (χ2n) is 6.68. The van der Waals surface area contributed by atoms with E-state index in [0.29, 0.717) is 36.6 Å². The predicted octanol–water partition coefficient (Wildman–Crippen LogP) is 3.99. The van der Waals surface area contributed by atoms with Crippen molar-refractivity contribution in [2.24, 2.45) is 4.99 Å². The Bertz CT molecular complexity index is 971. The van der Waals surface area contributed by atoms with E-state index in [9.17, 15) is 4.39 Å². The summed E-state index contributed by atoms with van der Waals surface area (Å²) in [7, 11) is 1.68. The van der Waals surface area contributed by atoms with E-state index in [2.05, 4.69) is 39.6 Å². The Morgan fingerprint density at radius 3 is 2.72 bits per heavy atom. The highest BCUT2D eigenvalue weighted by Gasteiger charge is 2.10. The van der Waals surface area contributed by atoms with Gasteiger partial charge in [-0.1, -0.05) is 31.1 Å². The molecule has 0 atom stereocenters. The van der Waals surface area contributed by atoms with Crippen molar-refractivity contribution in [1.29, 1.82) is 0 Å². The summed E-state index contributed by atoms with van der Waals surface area (Å²) < 4.78 is 24.5. The molecule has 0 radical (unpaired) electrons. The Balaban J connectivity index is 1.59. The van der Waals surface area contributed by atoms with E-state index in [1.165, 1.54) is 12.1 Å². The molecule has 2 aromatic heterocycles. The van der Waals surface area contributed by atoms with E-state index in [-0.39, 0.29) is 5.82 Å². The van der Waals surface area contributed by atoms with Gasteiger partial charge in [0, 0.05) is 37.5 Å². The van der Waals surface area contributed by atoms with Gasteiger partial charge >= 0.3 is 0 Å². The fourth-order valence-corrected chi connectivity index (χ4v) is 2.55. The minimum absolute atomic E-state index is 0.312. The molecule has 152 valence electrons. The third-order valence-electron chi connectivity index (χ3n) is 4.13. The van der Waals surface area contributed by atoms with Gasteiger partial charge in [0.25, 0.3) is 0 Å². The largest absolute Gasteiger partial charge is 0.439 e. The lowest BCUT2D eigenvalue weighted by atomic mass is 10.1. The van der Waals surface area contributed by atoms with Crippen molar-refractivity contribution in [1.82, 2.24) is 20.8 Å². The zero-order valence-corrected chi connectivity index (χ0v) is 16.6. The van der Waals surface area contributed by atoms with Crippen molar-refractivity contribution in [3.05, 3.63) is 71.5 Å². The molecule has 0 aliphatic carbocycles. The second kappa shape index (κ2) is 9.68. The molecule has 0 bridgehead atoms. The SMILES string of the molecule is CN=C(NCc1cc(C(C)C)no1)NCc1cccnc1Oc1cccc(F)c1. The summed E-state index contributed by atoms with van der Waals surface area (Å²) in [6.45, 7) is 5.00. The van der Waals surface area contributed by atoms with Gasteiger partial charge in [0.05, 0.1) is 12.2 Å². The van der Waals surface area contributed by atoms with Gasteiger partial charge in [0.1, 0.15) is 11.6 Å². The van der Waals surface area contributed by atoms with Crippen molar-refractivity contribution in [3.63, 3.8) is 0 Å². The summed E-state index contributed by atoms with van der Waals surface area (Å²) in [4.78, 5) is 8.46. The van der Waals surface area contributed by atoms with Crippen LogP contribution in [0.3, 0.4) is 0 Å². The normalized spacial score (nSPS) is 11.6. The average molecular weight is 397 g/mol. The zero-order valence-electron chi connectivity index (χ0n) is 16.6. The van der Waals surface area contributed by atoms with Gasteiger partial charge < -0.3 is 19.9 Å². The van der Waals surface area contributed by atoms with Crippen molar-refractivity contribution in [3.8, 4) is 11.6 Å². The number of pyridine rings is 1. The van der Waals surface area contributed by atoms with Crippen LogP contribution in [0.25, 0.3) is 0 Å². The summed E-state index contributed by atoms with van der Waals surface area (Å²) in [6, 6.07) is 11.6. The third kappa shape index (κ3) is 5.78. The van der Waals surface area contributed by atoms with Gasteiger partial charge in [-0.3, -0.25) is 4.99 Å². The van der Waals surface area contributed by atoms with Gasteiger partial charge in [-0.05, 0) is 24.1 Å². The number of rotatable bonds is 7. The van der Waals surface area contributed by atoms with Crippen molar-refractivity contribution in [2.45, 2.75) is 32.9 Å². The molecular formula is C21H24FN5O2. The Morgan fingerprint density at radius 2 is 2.00 bits per heavy atom. The molecule has 2 N–H and O–H groups in total. The molecule has 1 aromatic carbocycles. The molecule has 0 saturated carbocycles. The van der Waals surface area contributed by atoms with Gasteiger partial charge in [-0.2, -0.15) is 0 Å². The second-order valence-corrected chi connectivity index (χ2v) is 6.68. The molecule has 0 saturated heterocycles. The Kier molecular flexibility index (Phi) is 6.78. The highest BCUT2D eigenvalue weighted by molar-refractivity contribution is 5.79. The fourth-order valence-electron chi connectivity index (χ4n) is 2.55. The molecule has 7 nitrogen and oxygen atoms in total. The number of hydrogen-bond donors (Lipinski definition) is 2. The van der Waals surface area contributed by atoms with E-state index in [0.717, 1.165) is 17.0 Å². The Labute approximate surface area is 169 Å². The van der Waals surface area contributed by atoms with Crippen LogP contribution in [0.2, 0.25) is 0 Å². The molecule has 0 spiro atoms. The number of ether oxygens (including phenoxy) is 1. The van der Waals surface area contributed by atoms with Crippen LogP contribution < -0.4 is 15.4 Å². The molecule has 3 rings (SSSR count). The van der Waals surface area contributed by atoms with Gasteiger partial charge in [-0.15, -0.1) is 0 Å². The quantitative estimate of drug-likeness (QED) is 0.463. The maximum absolute atomic E-state index is 13.4. The summed E-state index contributed by atoms with van der Waals surface area (Å²) in [5, 5.41) is 10.4. The van der Waals surface area contributed by atoms with E-state index < -0.39 is 0 Å². The average Bonchev–Trinajstić information content (AvgIpc) is 3.19. The molecule has 0 amide bonds. The maximum atomic E-state index is 13.4. The lowest BCUT2D eigenvalue weighted by Gasteiger charge is -2.13. The lowest BCUT2D eigenvalue weighted by Crippen LogP contribution is -2.36. The minimum Gasteiger partial charge on any atom is -0.439 e. The number of halogens is 1. The Morgan fingerprint density at radius 1 is 1.17 bits per heavy atom. The summed E-state index contributed by atoms with van der Waals surface area (Å²) >= 11 is 0. The van der Waals surface area contributed by atoms with E-state index in [1.54, 1.807) is 25.4 Å². The number of aliphatic imine (C=N–C) groups is 1. The third-order valence-corrected chi connectivity index (χ3v) is 4.13. The smallest absolute Gasteiger partial charge is 0.224 e. The highest BCUT2D eigenvalue weighted by atomic mass is 19.1. The number of benzene rings is 1. The van der Waals surface area contributed by atoms with Crippen LogP contribution in [0.15, 0.2) is 58.2 Å². The topological polar surface area (TPSA) is 84.6 Å². The standard InChI is InChI=1S/C21H24FN5O2/c1-14(2)19-11-18(29-27-19)13-26-21(23-3)25-12-15-6-5-9-24-20(15)28-17-8-4-7-16(22)10-17/h4-11,14H,12-13H2,1-3H3,(H2,23,25,26). The van der Waals surface area contributed by atoms with E-state index in [1.807, 2.05) is 18.2 Å². The summed E-state index contributed by atoms with van der Waals surface area (Å²) in [6.07, 6.45) is 1.63. The molecule has 0 aliphatic rings. The highest BCUT2D eigenvalue weighted by Crippen LogP contribution is 2.23. The van der Waals surface area contributed by atoms with Crippen LogP contribution in [0, 0.1) is 5.82 Å². The lowest BCUT2D eigenvalue weighted by molar-refractivity contribution is 0.372. The van der Waals surface area contributed by atoms with Gasteiger partial charge in [0.2, 0.25) is 5.88 Å². The first kappa shape index (κ1) is 20.3. The number of aromatic nitrogens is 2. The number of hydrogen-bond acceptors (Lipinski definition) is 5. The first-order valence-corrected chi connectivity index (χ1v) is 9.32. The van der Waals surface area contributed by atoms with E-state index >= 15 is 0 Å². The van der Waals surface area contributed by atoms with Crippen LogP contribution >= 0.6 is 0 Å². The molecule has 29 heavy (non-hydrogen) atoms. The zero-order chi connectivity index (χ0) is 20.6. The fraction of sp³-hybridized carbons (Fsp3) is 0.286. The molecule has 0 aliphatic heterocycles. The van der Waals surface area contributed by atoms with Crippen LogP contribution in [-0.2, 0) is 13.1 Å². The Hall–Kier alpha value is -3.42. The van der Waals surface area contributed by atoms with E-state index in [4.69, 9.17) is 9.26 Å². The predicted molar refractivity (Wildman–Crippen MR) is 108 cm³/mol. The summed E-state index contributed by atoms with van der Waals surface area (Å²) in [5.74, 6) is 2.06. The van der Waals surface area contributed by atoms with Gasteiger partial charge in [0.15, 0.2) is 11.7 Å². The monoisotopic (exact) mass is 397 g/mol. The minimum atomic E-state index is -0.365. The molecule has 8 heteroatoms. The molecule has 0 unspecified atom stereocenters.